The van der Waals surface area contributed by atoms with Crippen molar-refractivity contribution in [3.05, 3.63) is 114 Å². The predicted octanol–water partition coefficient (Wildman–Crippen LogP) is 6.79. The summed E-state index contributed by atoms with van der Waals surface area (Å²) in [6.07, 6.45) is -5.64. The lowest BCUT2D eigenvalue weighted by Gasteiger charge is -2.35. The highest BCUT2D eigenvalue weighted by atomic mass is 35.5. The summed E-state index contributed by atoms with van der Waals surface area (Å²) in [5, 5.41) is 1.98. The number of halogens is 6. The number of nitrogens with one attached hydrogen (secondary N) is 1. The lowest BCUT2D eigenvalue weighted by atomic mass is 9.98. The molecule has 3 aromatic carbocycles. The summed E-state index contributed by atoms with van der Waals surface area (Å²) in [5.41, 5.74) is -0.794. The minimum Gasteiger partial charge on any atom is -0.496 e. The number of alkyl halides is 3. The van der Waals surface area contributed by atoms with Gasteiger partial charge in [0.2, 0.25) is 0 Å². The van der Waals surface area contributed by atoms with E-state index in [1.54, 1.807) is 13.8 Å². The van der Waals surface area contributed by atoms with Crippen molar-refractivity contribution in [1.29, 1.82) is 0 Å². The van der Waals surface area contributed by atoms with Crippen molar-refractivity contribution in [3.63, 3.8) is 0 Å². The highest BCUT2D eigenvalue weighted by molar-refractivity contribution is 6.33. The summed E-state index contributed by atoms with van der Waals surface area (Å²) < 4.78 is 67.3. The van der Waals surface area contributed by atoms with E-state index < -0.39 is 52.1 Å². The SMILES string of the molecule is CNC(=O)c1ccc(-n2c(OC(C)c3ccc(F)cc3OC)nc3c(c2=O)CC(C)N(C(=O)c2ccc(Cl)c(C(F)(F)F)c2)C3)c(Cl)c1. The third-order valence-electron chi connectivity index (χ3n) is 7.96. The molecule has 0 spiro atoms. The first-order valence-electron chi connectivity index (χ1n) is 14.5. The van der Waals surface area contributed by atoms with Gasteiger partial charge in [-0.05, 0) is 68.8 Å². The topological polar surface area (TPSA) is 103 Å². The number of ether oxygens (including phenoxy) is 2. The van der Waals surface area contributed by atoms with Gasteiger partial charge in [-0.25, -0.2) is 8.96 Å². The van der Waals surface area contributed by atoms with Crippen molar-refractivity contribution < 1.29 is 36.6 Å². The molecule has 1 aliphatic heterocycles. The van der Waals surface area contributed by atoms with E-state index in [-0.39, 0.29) is 57.8 Å². The van der Waals surface area contributed by atoms with Crippen LogP contribution in [0.15, 0.2) is 59.4 Å². The number of carbonyl (C=O) groups excluding carboxylic acids is 2. The number of benzene rings is 3. The molecule has 0 saturated heterocycles. The number of nitrogens with zero attached hydrogens (tertiary/aromatic N) is 3. The van der Waals surface area contributed by atoms with E-state index >= 15 is 0 Å². The summed E-state index contributed by atoms with van der Waals surface area (Å²) in [7, 11) is 2.81. The Morgan fingerprint density at radius 2 is 1.75 bits per heavy atom. The number of methoxy groups -OCH3 is 1. The van der Waals surface area contributed by atoms with Crippen molar-refractivity contribution in [3.8, 4) is 17.4 Å². The first-order chi connectivity index (χ1) is 22.6. The van der Waals surface area contributed by atoms with Crippen LogP contribution in [-0.2, 0) is 19.1 Å². The van der Waals surface area contributed by atoms with E-state index in [1.165, 1.54) is 61.5 Å². The number of carbonyl (C=O) groups is 2. The molecule has 1 aliphatic rings. The summed E-state index contributed by atoms with van der Waals surface area (Å²) in [5.74, 6) is -1.50. The third kappa shape index (κ3) is 6.70. The monoisotopic (exact) mass is 706 g/mol. The predicted molar refractivity (Wildman–Crippen MR) is 170 cm³/mol. The van der Waals surface area contributed by atoms with Crippen LogP contribution in [0.1, 0.15) is 63.1 Å². The van der Waals surface area contributed by atoms with Crippen molar-refractivity contribution in [2.45, 2.75) is 45.1 Å². The summed E-state index contributed by atoms with van der Waals surface area (Å²) in [4.78, 5) is 45.9. The normalized spacial score (nSPS) is 15.0. The van der Waals surface area contributed by atoms with Gasteiger partial charge in [0, 0.05) is 41.4 Å². The molecule has 15 heteroatoms. The average molecular weight is 708 g/mol. The van der Waals surface area contributed by atoms with E-state index in [0.717, 1.165) is 10.6 Å². The van der Waals surface area contributed by atoms with Gasteiger partial charge in [-0.2, -0.15) is 18.2 Å². The fourth-order valence-electron chi connectivity index (χ4n) is 5.46. The molecular formula is C33H28Cl2F4N4O5. The lowest BCUT2D eigenvalue weighted by molar-refractivity contribution is -0.137. The van der Waals surface area contributed by atoms with Crippen LogP contribution in [0.3, 0.4) is 0 Å². The molecule has 5 rings (SSSR count). The van der Waals surface area contributed by atoms with Crippen molar-refractivity contribution in [1.82, 2.24) is 19.8 Å². The fourth-order valence-corrected chi connectivity index (χ4v) is 5.95. The molecule has 4 aromatic rings. The first-order valence-corrected chi connectivity index (χ1v) is 15.2. The average Bonchev–Trinajstić information content (AvgIpc) is 3.04. The maximum atomic E-state index is 14.2. The molecule has 252 valence electrons. The van der Waals surface area contributed by atoms with E-state index in [2.05, 4.69) is 10.3 Å². The van der Waals surface area contributed by atoms with Crippen LogP contribution >= 0.6 is 23.2 Å². The molecule has 2 unspecified atom stereocenters. The molecule has 0 bridgehead atoms. The van der Waals surface area contributed by atoms with Crippen LogP contribution in [0.5, 0.6) is 11.8 Å². The summed E-state index contributed by atoms with van der Waals surface area (Å²) >= 11 is 12.4. The Morgan fingerprint density at radius 1 is 1.04 bits per heavy atom. The van der Waals surface area contributed by atoms with Gasteiger partial charge in [-0.1, -0.05) is 23.2 Å². The van der Waals surface area contributed by atoms with E-state index in [0.29, 0.717) is 11.6 Å². The number of hydrogen-bond acceptors (Lipinski definition) is 6. The number of amides is 2. The van der Waals surface area contributed by atoms with Crippen LogP contribution in [0.2, 0.25) is 10.0 Å². The Bertz CT molecular complexity index is 1990. The van der Waals surface area contributed by atoms with Gasteiger partial charge < -0.3 is 19.7 Å². The van der Waals surface area contributed by atoms with Crippen LogP contribution in [0.4, 0.5) is 17.6 Å². The molecule has 0 radical (unpaired) electrons. The van der Waals surface area contributed by atoms with E-state index in [4.69, 9.17) is 32.7 Å². The maximum Gasteiger partial charge on any atom is 0.417 e. The Hall–Kier alpha value is -4.62. The zero-order valence-electron chi connectivity index (χ0n) is 25.9. The Morgan fingerprint density at radius 3 is 2.40 bits per heavy atom. The van der Waals surface area contributed by atoms with Crippen LogP contribution in [-0.4, -0.2) is 46.5 Å². The standard InChI is InChI=1S/C33H28Cl2F4N4O5/c1-16-11-22-26(15-42(16)30(45)19-5-9-24(34)23(12-19)33(37,38)39)41-32(48-17(2)21-8-7-20(36)14-28(21)47-4)43(31(22)46)27-10-6-18(13-25(27)35)29(44)40-3/h5-10,12-14,16-17H,11,15H2,1-4H3,(H,40,44). The number of aromatic nitrogens is 2. The number of fused-ring (bicyclic) bond motifs is 1. The zero-order valence-corrected chi connectivity index (χ0v) is 27.4. The maximum absolute atomic E-state index is 14.2. The second kappa shape index (κ2) is 13.5. The van der Waals surface area contributed by atoms with Gasteiger partial charge in [0.15, 0.2) is 0 Å². The van der Waals surface area contributed by atoms with Crippen molar-refractivity contribution in [2.75, 3.05) is 14.2 Å². The van der Waals surface area contributed by atoms with Gasteiger partial charge in [-0.3, -0.25) is 14.4 Å². The lowest BCUT2D eigenvalue weighted by Crippen LogP contribution is -2.46. The molecule has 2 heterocycles. The van der Waals surface area contributed by atoms with Gasteiger partial charge in [0.1, 0.15) is 17.7 Å². The van der Waals surface area contributed by atoms with Crippen LogP contribution in [0, 0.1) is 5.82 Å². The quantitative estimate of drug-likeness (QED) is 0.212. The zero-order chi connectivity index (χ0) is 35.1. The molecule has 48 heavy (non-hydrogen) atoms. The summed E-state index contributed by atoms with van der Waals surface area (Å²) in [6.45, 7) is 3.05. The smallest absolute Gasteiger partial charge is 0.417 e. The molecule has 9 nitrogen and oxygen atoms in total. The summed E-state index contributed by atoms with van der Waals surface area (Å²) in [6, 6.07) is 10.2. The number of rotatable bonds is 7. The van der Waals surface area contributed by atoms with Crippen LogP contribution < -0.4 is 20.3 Å². The molecule has 2 atom stereocenters. The molecular weight excluding hydrogens is 679 g/mol. The van der Waals surface area contributed by atoms with Gasteiger partial charge in [0.25, 0.3) is 17.4 Å². The molecule has 0 fully saturated rings. The Balaban J connectivity index is 1.62. The molecule has 2 amide bonds. The highest BCUT2D eigenvalue weighted by Gasteiger charge is 2.36. The first kappa shape index (κ1) is 34.7. The van der Waals surface area contributed by atoms with Gasteiger partial charge >= 0.3 is 12.2 Å². The molecule has 1 N–H and O–H groups in total. The second-order valence-corrected chi connectivity index (χ2v) is 11.8. The van der Waals surface area contributed by atoms with Gasteiger partial charge in [-0.15, -0.1) is 0 Å². The van der Waals surface area contributed by atoms with Crippen molar-refractivity contribution in [2.24, 2.45) is 0 Å². The minimum atomic E-state index is -4.78. The molecule has 1 aromatic heterocycles. The molecule has 0 saturated carbocycles. The highest BCUT2D eigenvalue weighted by Crippen LogP contribution is 2.36. The Labute approximate surface area is 282 Å². The number of hydrogen-bond donors (Lipinski definition) is 1. The Kier molecular flexibility index (Phi) is 9.74. The van der Waals surface area contributed by atoms with E-state index in [9.17, 15) is 31.9 Å². The fraction of sp³-hybridized carbons (Fsp3) is 0.273. The second-order valence-electron chi connectivity index (χ2n) is 11.0. The van der Waals surface area contributed by atoms with E-state index in [1.807, 2.05) is 0 Å². The largest absolute Gasteiger partial charge is 0.496 e. The minimum absolute atomic E-state index is 0.00217. The van der Waals surface area contributed by atoms with Gasteiger partial charge in [0.05, 0.1) is 40.6 Å². The van der Waals surface area contributed by atoms with Crippen LogP contribution in [0.25, 0.3) is 5.69 Å². The van der Waals surface area contributed by atoms with Crippen molar-refractivity contribution >= 4 is 35.0 Å². The molecule has 0 aliphatic carbocycles. The third-order valence-corrected chi connectivity index (χ3v) is 8.59.